The topological polar surface area (TPSA) is 43.4 Å². The van der Waals surface area contributed by atoms with Crippen molar-refractivity contribution in [3.63, 3.8) is 0 Å². The summed E-state index contributed by atoms with van der Waals surface area (Å²) < 4.78 is 30.9. The SMILES string of the molecule is CC(C)(C)[Si](C)(C)O[C@@H]1C[C@@H]1CCS(=O)(=O)c1ccccc1. The third kappa shape index (κ3) is 4.21. The molecule has 0 N–H and O–H groups in total. The summed E-state index contributed by atoms with van der Waals surface area (Å²) in [5, 5.41) is 0.205. The van der Waals surface area contributed by atoms with Gasteiger partial charge in [-0.3, -0.25) is 0 Å². The molecule has 1 fully saturated rings. The molecule has 1 saturated carbocycles. The van der Waals surface area contributed by atoms with Gasteiger partial charge in [0.05, 0.1) is 10.6 Å². The molecule has 0 aromatic heterocycles. The van der Waals surface area contributed by atoms with Crippen molar-refractivity contribution in [2.24, 2.45) is 5.92 Å². The first-order chi connectivity index (χ1) is 10.0. The molecule has 2 rings (SSSR count). The van der Waals surface area contributed by atoms with Gasteiger partial charge in [-0.25, -0.2) is 8.42 Å². The highest BCUT2D eigenvalue weighted by Gasteiger charge is 2.46. The lowest BCUT2D eigenvalue weighted by molar-refractivity contribution is 0.256. The highest BCUT2D eigenvalue weighted by molar-refractivity contribution is 7.91. The molecule has 0 aliphatic heterocycles. The van der Waals surface area contributed by atoms with Crippen molar-refractivity contribution in [2.75, 3.05) is 5.75 Å². The lowest BCUT2D eigenvalue weighted by Gasteiger charge is -2.36. The van der Waals surface area contributed by atoms with Crippen molar-refractivity contribution >= 4 is 18.2 Å². The van der Waals surface area contributed by atoms with E-state index in [2.05, 4.69) is 33.9 Å². The summed E-state index contributed by atoms with van der Waals surface area (Å²) in [5.41, 5.74) is 0. The highest BCUT2D eigenvalue weighted by atomic mass is 32.2. The fraction of sp³-hybridized carbons (Fsp3) is 0.647. The molecule has 0 saturated heterocycles. The number of hydrogen-bond acceptors (Lipinski definition) is 3. The lowest BCUT2D eigenvalue weighted by Crippen LogP contribution is -2.41. The molecule has 0 heterocycles. The first-order valence-corrected chi connectivity index (χ1v) is 12.5. The van der Waals surface area contributed by atoms with E-state index in [1.54, 1.807) is 24.3 Å². The van der Waals surface area contributed by atoms with Crippen LogP contribution in [0.15, 0.2) is 35.2 Å². The van der Waals surface area contributed by atoms with Crippen molar-refractivity contribution in [3.8, 4) is 0 Å². The van der Waals surface area contributed by atoms with E-state index in [1.165, 1.54) is 0 Å². The van der Waals surface area contributed by atoms with Gasteiger partial charge in [0.1, 0.15) is 0 Å². The van der Waals surface area contributed by atoms with E-state index < -0.39 is 18.2 Å². The summed E-state index contributed by atoms with van der Waals surface area (Å²) in [4.78, 5) is 0.428. The van der Waals surface area contributed by atoms with Crippen LogP contribution in [0.2, 0.25) is 18.1 Å². The second kappa shape index (κ2) is 6.10. The Morgan fingerprint density at radius 3 is 2.32 bits per heavy atom. The maximum atomic E-state index is 12.3. The van der Waals surface area contributed by atoms with Crippen LogP contribution in [0.25, 0.3) is 0 Å². The Hall–Kier alpha value is -0.653. The molecular weight excluding hydrogens is 312 g/mol. The van der Waals surface area contributed by atoms with E-state index in [1.807, 2.05) is 6.07 Å². The van der Waals surface area contributed by atoms with E-state index in [0.29, 0.717) is 17.2 Å². The van der Waals surface area contributed by atoms with E-state index in [-0.39, 0.29) is 16.9 Å². The van der Waals surface area contributed by atoms with Gasteiger partial charge in [0, 0.05) is 6.10 Å². The van der Waals surface area contributed by atoms with Gasteiger partial charge in [0.2, 0.25) is 0 Å². The van der Waals surface area contributed by atoms with Crippen molar-refractivity contribution in [1.29, 1.82) is 0 Å². The maximum Gasteiger partial charge on any atom is 0.192 e. The average Bonchev–Trinajstić information content (AvgIpc) is 3.14. The Balaban J connectivity index is 1.86. The van der Waals surface area contributed by atoms with E-state index in [4.69, 9.17) is 4.43 Å². The summed E-state index contributed by atoms with van der Waals surface area (Å²) in [6.45, 7) is 11.2. The normalized spacial score (nSPS) is 22.6. The Labute approximate surface area is 136 Å². The molecule has 0 bridgehead atoms. The predicted molar refractivity (Wildman–Crippen MR) is 93.3 cm³/mol. The second-order valence-electron chi connectivity index (χ2n) is 7.83. The van der Waals surface area contributed by atoms with Crippen LogP contribution in [-0.4, -0.2) is 28.6 Å². The molecule has 2 atom stereocenters. The number of benzene rings is 1. The third-order valence-electron chi connectivity index (χ3n) is 4.97. The van der Waals surface area contributed by atoms with Gasteiger partial charge in [-0.15, -0.1) is 0 Å². The van der Waals surface area contributed by atoms with Crippen LogP contribution >= 0.6 is 0 Å². The zero-order valence-corrected chi connectivity index (χ0v) is 16.1. The fourth-order valence-electron chi connectivity index (χ4n) is 2.28. The molecule has 22 heavy (non-hydrogen) atoms. The van der Waals surface area contributed by atoms with Crippen LogP contribution in [0.3, 0.4) is 0 Å². The Morgan fingerprint density at radius 2 is 1.77 bits per heavy atom. The van der Waals surface area contributed by atoms with E-state index in [0.717, 1.165) is 6.42 Å². The Kier molecular flexibility index (Phi) is 4.90. The van der Waals surface area contributed by atoms with Crippen LogP contribution in [0.1, 0.15) is 33.6 Å². The molecular formula is C17H28O3SSi. The maximum absolute atomic E-state index is 12.3. The quantitative estimate of drug-likeness (QED) is 0.727. The Morgan fingerprint density at radius 1 is 1.18 bits per heavy atom. The lowest BCUT2D eigenvalue weighted by atomic mass is 10.2. The minimum Gasteiger partial charge on any atom is -0.414 e. The average molecular weight is 341 g/mol. The Bertz CT molecular complexity index is 603. The van der Waals surface area contributed by atoms with Gasteiger partial charge in [0.15, 0.2) is 18.2 Å². The van der Waals surface area contributed by atoms with Crippen molar-refractivity contribution < 1.29 is 12.8 Å². The molecule has 5 heteroatoms. The van der Waals surface area contributed by atoms with Gasteiger partial charge in [-0.1, -0.05) is 39.0 Å². The van der Waals surface area contributed by atoms with Gasteiger partial charge < -0.3 is 4.43 Å². The molecule has 0 radical (unpaired) electrons. The van der Waals surface area contributed by atoms with Crippen LogP contribution in [0, 0.1) is 5.92 Å². The standard InChI is InChI=1S/C17H28O3SSi/c1-17(2,3)22(4,5)20-16-13-14(16)11-12-21(18,19)15-9-7-6-8-10-15/h6-10,14,16H,11-13H2,1-5H3/t14-,16+/m0/s1. The molecule has 1 aromatic rings. The van der Waals surface area contributed by atoms with Crippen LogP contribution in [-0.2, 0) is 14.3 Å². The molecule has 1 aliphatic carbocycles. The summed E-state index contributed by atoms with van der Waals surface area (Å²) in [6, 6.07) is 8.72. The summed E-state index contributed by atoms with van der Waals surface area (Å²) in [7, 11) is -4.89. The molecule has 0 amide bonds. The third-order valence-corrected chi connectivity index (χ3v) is 11.2. The largest absolute Gasteiger partial charge is 0.414 e. The first kappa shape index (κ1) is 17.7. The van der Waals surface area contributed by atoms with Crippen molar-refractivity contribution in [3.05, 3.63) is 30.3 Å². The second-order valence-corrected chi connectivity index (χ2v) is 14.7. The number of sulfone groups is 1. The zero-order chi connectivity index (χ0) is 16.6. The minimum atomic E-state index is -3.16. The number of hydrogen-bond donors (Lipinski definition) is 0. The van der Waals surface area contributed by atoms with Crippen LogP contribution in [0.4, 0.5) is 0 Å². The molecule has 1 aromatic carbocycles. The predicted octanol–water partition coefficient (Wildman–Crippen LogP) is 4.26. The molecule has 0 spiro atoms. The highest BCUT2D eigenvalue weighted by Crippen LogP contribution is 2.45. The van der Waals surface area contributed by atoms with Crippen molar-refractivity contribution in [2.45, 2.75) is 62.7 Å². The van der Waals surface area contributed by atoms with Crippen molar-refractivity contribution in [1.82, 2.24) is 0 Å². The van der Waals surface area contributed by atoms with Crippen LogP contribution in [0.5, 0.6) is 0 Å². The first-order valence-electron chi connectivity index (χ1n) is 7.98. The minimum absolute atomic E-state index is 0.205. The van der Waals surface area contributed by atoms with Crippen LogP contribution < -0.4 is 0 Å². The molecule has 1 aliphatic rings. The fourth-order valence-corrected chi connectivity index (χ4v) is 5.09. The van der Waals surface area contributed by atoms with E-state index >= 15 is 0 Å². The van der Waals surface area contributed by atoms with E-state index in [9.17, 15) is 8.42 Å². The zero-order valence-electron chi connectivity index (χ0n) is 14.3. The monoisotopic (exact) mass is 340 g/mol. The van der Waals surface area contributed by atoms with Gasteiger partial charge >= 0.3 is 0 Å². The molecule has 3 nitrogen and oxygen atoms in total. The van der Waals surface area contributed by atoms with Gasteiger partial charge in [-0.2, -0.15) is 0 Å². The molecule has 0 unspecified atom stereocenters. The summed E-state index contributed by atoms with van der Waals surface area (Å²) in [5.74, 6) is 0.631. The molecule has 124 valence electrons. The summed E-state index contributed by atoms with van der Waals surface area (Å²) in [6.07, 6.45) is 1.99. The van der Waals surface area contributed by atoms with Gasteiger partial charge in [0.25, 0.3) is 0 Å². The summed E-state index contributed by atoms with van der Waals surface area (Å²) >= 11 is 0. The smallest absolute Gasteiger partial charge is 0.192 e. The number of rotatable bonds is 6. The van der Waals surface area contributed by atoms with Gasteiger partial charge in [-0.05, 0) is 49.0 Å².